The van der Waals surface area contributed by atoms with Crippen LogP contribution in [0.25, 0.3) is 6.08 Å². The Morgan fingerprint density at radius 3 is 2.71 bits per heavy atom. The van der Waals surface area contributed by atoms with Gasteiger partial charge < -0.3 is 14.2 Å². The number of hydrogen-bond acceptors (Lipinski definition) is 6. The van der Waals surface area contributed by atoms with Crippen LogP contribution in [0.4, 0.5) is 5.69 Å². The number of terminal acetylenes is 1. The highest BCUT2D eigenvalue weighted by molar-refractivity contribution is 14.1. The lowest BCUT2D eigenvalue weighted by Crippen LogP contribution is -2.32. The zero-order valence-corrected chi connectivity index (χ0v) is 20.1. The molecular formula is C23H21IN2O4S. The average Bonchev–Trinajstić information content (AvgIpc) is 3.05. The number of halogens is 1. The summed E-state index contributed by atoms with van der Waals surface area (Å²) in [4.78, 5) is 20.0. The van der Waals surface area contributed by atoms with Crippen LogP contribution in [0.2, 0.25) is 0 Å². The van der Waals surface area contributed by atoms with Gasteiger partial charge >= 0.3 is 0 Å². The molecule has 160 valence electrons. The lowest BCUT2D eigenvalue weighted by atomic mass is 10.2. The molecule has 0 N–H and O–H groups in total. The summed E-state index contributed by atoms with van der Waals surface area (Å²) >= 11 is 3.50. The minimum Gasteiger partial charge on any atom is -0.493 e. The van der Waals surface area contributed by atoms with Gasteiger partial charge in [0.25, 0.3) is 5.91 Å². The van der Waals surface area contributed by atoms with E-state index < -0.39 is 0 Å². The fourth-order valence-corrected chi connectivity index (χ4v) is 4.62. The number of para-hydroxylation sites is 1. The van der Waals surface area contributed by atoms with Gasteiger partial charge in [-0.15, -0.1) is 6.42 Å². The molecular weight excluding hydrogens is 527 g/mol. The van der Waals surface area contributed by atoms with E-state index in [2.05, 4.69) is 33.5 Å². The molecule has 0 aliphatic carbocycles. The second kappa shape index (κ2) is 11.2. The summed E-state index contributed by atoms with van der Waals surface area (Å²) in [7, 11) is 3.17. The van der Waals surface area contributed by atoms with E-state index in [-0.39, 0.29) is 12.5 Å². The Balaban J connectivity index is 1.95. The van der Waals surface area contributed by atoms with Crippen LogP contribution in [0.3, 0.4) is 0 Å². The maximum atomic E-state index is 13.1. The molecule has 0 radical (unpaired) electrons. The highest BCUT2D eigenvalue weighted by Crippen LogP contribution is 2.38. The van der Waals surface area contributed by atoms with Gasteiger partial charge in [0, 0.05) is 7.11 Å². The molecule has 0 atom stereocenters. The van der Waals surface area contributed by atoms with Crippen molar-refractivity contribution >= 4 is 57.2 Å². The van der Waals surface area contributed by atoms with E-state index in [4.69, 9.17) is 20.6 Å². The number of nitrogens with zero attached hydrogens (tertiary/aromatic N) is 2. The molecule has 2 aromatic carbocycles. The molecule has 1 fully saturated rings. The normalized spacial score (nSPS) is 16.1. The summed E-state index contributed by atoms with van der Waals surface area (Å²) in [5.74, 6) is 3.48. The summed E-state index contributed by atoms with van der Waals surface area (Å²) < 4.78 is 17.1. The van der Waals surface area contributed by atoms with E-state index in [9.17, 15) is 4.79 Å². The van der Waals surface area contributed by atoms with Crippen LogP contribution in [0.5, 0.6) is 11.5 Å². The first kappa shape index (κ1) is 23.2. The third-order valence-electron chi connectivity index (χ3n) is 4.24. The van der Waals surface area contributed by atoms with Crippen molar-refractivity contribution in [1.82, 2.24) is 4.90 Å². The van der Waals surface area contributed by atoms with Crippen molar-refractivity contribution in [2.45, 2.75) is 0 Å². The minimum absolute atomic E-state index is 0.113. The van der Waals surface area contributed by atoms with E-state index in [1.807, 2.05) is 48.5 Å². The summed E-state index contributed by atoms with van der Waals surface area (Å²) in [6.45, 7) is 0.986. The van der Waals surface area contributed by atoms with Crippen LogP contribution in [0.15, 0.2) is 52.4 Å². The van der Waals surface area contributed by atoms with Crippen molar-refractivity contribution in [1.29, 1.82) is 0 Å². The SMILES string of the molecule is C#CCOc1c(I)cc(C=C2SC(=Nc3ccccc3)N(CCOC)C2=O)cc1OC. The molecule has 1 amide bonds. The molecule has 3 rings (SSSR count). The number of amides is 1. The van der Waals surface area contributed by atoms with Gasteiger partial charge in [0.1, 0.15) is 6.61 Å². The molecule has 8 heteroatoms. The standard InChI is InChI=1S/C23H21IN2O4S/c1-4-11-30-21-18(24)13-16(14-19(21)29-3)15-20-22(27)26(10-12-28-2)23(31-20)25-17-8-6-5-7-9-17/h1,5-9,13-15H,10-12H2,2-3H3. The molecule has 1 saturated heterocycles. The molecule has 1 heterocycles. The number of methoxy groups -OCH3 is 2. The molecule has 0 aromatic heterocycles. The lowest BCUT2D eigenvalue weighted by molar-refractivity contribution is -0.122. The number of thioether (sulfide) groups is 1. The zero-order chi connectivity index (χ0) is 22.2. The van der Waals surface area contributed by atoms with Gasteiger partial charge in [-0.05, 0) is 70.3 Å². The van der Waals surface area contributed by atoms with E-state index in [1.165, 1.54) is 11.8 Å². The van der Waals surface area contributed by atoms with Crippen molar-refractivity contribution in [3.63, 3.8) is 0 Å². The minimum atomic E-state index is -0.113. The average molecular weight is 548 g/mol. The van der Waals surface area contributed by atoms with Gasteiger partial charge in [-0.1, -0.05) is 24.1 Å². The first-order valence-electron chi connectivity index (χ1n) is 9.35. The molecule has 31 heavy (non-hydrogen) atoms. The Hall–Kier alpha value is -2.48. The van der Waals surface area contributed by atoms with Gasteiger partial charge in [0.15, 0.2) is 16.7 Å². The van der Waals surface area contributed by atoms with Crippen LogP contribution in [0.1, 0.15) is 5.56 Å². The zero-order valence-electron chi connectivity index (χ0n) is 17.1. The van der Waals surface area contributed by atoms with Crippen molar-refractivity contribution < 1.29 is 19.0 Å². The van der Waals surface area contributed by atoms with Gasteiger partial charge in [-0.3, -0.25) is 9.69 Å². The van der Waals surface area contributed by atoms with Crippen LogP contribution in [-0.2, 0) is 9.53 Å². The number of ether oxygens (including phenoxy) is 3. The molecule has 0 spiro atoms. The van der Waals surface area contributed by atoms with Gasteiger partial charge in [0.05, 0.1) is 34.4 Å². The number of carbonyl (C=O) groups is 1. The van der Waals surface area contributed by atoms with Crippen LogP contribution in [-0.4, -0.2) is 50.0 Å². The maximum absolute atomic E-state index is 13.1. The predicted octanol–water partition coefficient (Wildman–Crippen LogP) is 4.56. The number of benzene rings is 2. The molecule has 0 saturated carbocycles. The van der Waals surface area contributed by atoms with Gasteiger partial charge in [-0.2, -0.15) is 0 Å². The maximum Gasteiger partial charge on any atom is 0.266 e. The number of carbonyl (C=O) groups excluding carboxylic acids is 1. The second-order valence-electron chi connectivity index (χ2n) is 6.32. The number of amidine groups is 1. The molecule has 1 aliphatic heterocycles. The molecule has 0 unspecified atom stereocenters. The molecule has 1 aliphatic rings. The third-order valence-corrected chi connectivity index (χ3v) is 6.05. The smallest absolute Gasteiger partial charge is 0.266 e. The Labute approximate surface area is 199 Å². The van der Waals surface area contributed by atoms with Crippen LogP contribution < -0.4 is 9.47 Å². The fourth-order valence-electron chi connectivity index (χ4n) is 2.81. The first-order valence-corrected chi connectivity index (χ1v) is 11.2. The van der Waals surface area contributed by atoms with E-state index >= 15 is 0 Å². The van der Waals surface area contributed by atoms with Crippen molar-refractivity contribution in [2.75, 3.05) is 34.0 Å². The quantitative estimate of drug-likeness (QED) is 0.275. The largest absolute Gasteiger partial charge is 0.493 e. The number of rotatable bonds is 8. The monoisotopic (exact) mass is 548 g/mol. The van der Waals surface area contributed by atoms with Crippen LogP contribution >= 0.6 is 34.4 Å². The number of hydrogen-bond donors (Lipinski definition) is 0. The topological polar surface area (TPSA) is 60.4 Å². The Morgan fingerprint density at radius 1 is 1.26 bits per heavy atom. The Bertz CT molecular complexity index is 1050. The Kier molecular flexibility index (Phi) is 8.40. The molecule has 0 bridgehead atoms. The van der Waals surface area contributed by atoms with Gasteiger partial charge in [0.2, 0.25) is 0 Å². The second-order valence-corrected chi connectivity index (χ2v) is 8.49. The van der Waals surface area contributed by atoms with E-state index in [0.717, 1.165) is 14.8 Å². The fraction of sp³-hybridized carbons (Fsp3) is 0.217. The highest BCUT2D eigenvalue weighted by atomic mass is 127. The summed E-state index contributed by atoms with van der Waals surface area (Å²) in [6.07, 6.45) is 7.12. The predicted molar refractivity (Wildman–Crippen MR) is 133 cm³/mol. The third kappa shape index (κ3) is 5.81. The molecule has 2 aromatic rings. The van der Waals surface area contributed by atoms with Crippen LogP contribution in [0, 0.1) is 15.9 Å². The van der Waals surface area contributed by atoms with E-state index in [1.54, 1.807) is 19.1 Å². The number of aliphatic imine (C=N–C) groups is 1. The van der Waals surface area contributed by atoms with Crippen molar-refractivity contribution in [3.05, 3.63) is 56.5 Å². The lowest BCUT2D eigenvalue weighted by Gasteiger charge is -2.14. The van der Waals surface area contributed by atoms with E-state index in [0.29, 0.717) is 34.7 Å². The Morgan fingerprint density at radius 2 is 2.03 bits per heavy atom. The first-order chi connectivity index (χ1) is 15.1. The summed E-state index contributed by atoms with van der Waals surface area (Å²) in [6, 6.07) is 13.3. The van der Waals surface area contributed by atoms with Gasteiger partial charge in [-0.25, -0.2) is 4.99 Å². The summed E-state index contributed by atoms with van der Waals surface area (Å²) in [5, 5.41) is 0.620. The highest BCUT2D eigenvalue weighted by Gasteiger charge is 2.33. The van der Waals surface area contributed by atoms with Crippen molar-refractivity contribution in [3.8, 4) is 23.8 Å². The molecule has 6 nitrogen and oxygen atoms in total. The summed E-state index contributed by atoms with van der Waals surface area (Å²) in [5.41, 5.74) is 1.60. The van der Waals surface area contributed by atoms with Crippen molar-refractivity contribution in [2.24, 2.45) is 4.99 Å².